The predicted octanol–water partition coefficient (Wildman–Crippen LogP) is 1.88. The summed E-state index contributed by atoms with van der Waals surface area (Å²) in [6.45, 7) is 9.33. The molecule has 0 bridgehead atoms. The van der Waals surface area contributed by atoms with E-state index >= 15 is 0 Å². The summed E-state index contributed by atoms with van der Waals surface area (Å²) in [4.78, 5) is 1.50. The molecule has 0 aliphatic carbocycles. The van der Waals surface area contributed by atoms with E-state index in [2.05, 4.69) is 23.4 Å². The minimum atomic E-state index is 0.826. The monoisotopic (exact) mass is 161 g/mol. The van der Waals surface area contributed by atoms with Gasteiger partial charge in [-0.15, -0.1) is 0 Å². The van der Waals surface area contributed by atoms with Gasteiger partial charge in [-0.3, -0.25) is 0 Å². The molecule has 12 heavy (non-hydrogen) atoms. The highest BCUT2D eigenvalue weighted by atomic mass is 15.5. The van der Waals surface area contributed by atoms with Crippen LogP contribution in [0.4, 0.5) is 0 Å². The summed E-state index contributed by atoms with van der Waals surface area (Å²) in [6.07, 6.45) is 6.80. The molecule has 3 nitrogen and oxygen atoms in total. The van der Waals surface area contributed by atoms with Crippen molar-refractivity contribution in [2.45, 2.75) is 6.92 Å². The minimum Gasteiger partial charge on any atom is -0.157 e. The number of hydrogen-bond donors (Lipinski definition) is 0. The maximum atomic E-state index is 3.97. The van der Waals surface area contributed by atoms with Crippen LogP contribution in [0.3, 0.4) is 0 Å². The molecule has 0 spiro atoms. The number of allylic oxidation sites excluding steroid dienone is 4. The molecule has 0 saturated carbocycles. The zero-order valence-corrected chi connectivity index (χ0v) is 7.07. The lowest BCUT2D eigenvalue weighted by Gasteiger charge is -1.98. The van der Waals surface area contributed by atoms with E-state index in [1.54, 1.807) is 18.5 Å². The molecule has 0 saturated heterocycles. The van der Waals surface area contributed by atoms with Crippen molar-refractivity contribution in [2.24, 2.45) is 0 Å². The SMILES string of the molecule is C=C/C(=C\C(=C)C)n1nccn1. The highest BCUT2D eigenvalue weighted by Gasteiger charge is 1.95. The first-order chi connectivity index (χ1) is 5.74. The van der Waals surface area contributed by atoms with E-state index in [1.165, 1.54) is 4.80 Å². The van der Waals surface area contributed by atoms with Crippen molar-refractivity contribution in [1.82, 2.24) is 15.0 Å². The molecule has 0 atom stereocenters. The lowest BCUT2D eigenvalue weighted by Crippen LogP contribution is -1.98. The fourth-order valence-electron chi connectivity index (χ4n) is 0.800. The van der Waals surface area contributed by atoms with Gasteiger partial charge in [0.15, 0.2) is 0 Å². The average Bonchev–Trinajstić information content (AvgIpc) is 2.51. The van der Waals surface area contributed by atoms with Crippen molar-refractivity contribution in [3.05, 3.63) is 43.3 Å². The van der Waals surface area contributed by atoms with Crippen LogP contribution in [0.1, 0.15) is 6.92 Å². The topological polar surface area (TPSA) is 30.7 Å². The third-order valence-electron chi connectivity index (χ3n) is 1.25. The highest BCUT2D eigenvalue weighted by Crippen LogP contribution is 2.04. The molecule has 0 fully saturated rings. The van der Waals surface area contributed by atoms with Gasteiger partial charge in [0, 0.05) is 0 Å². The molecule has 1 aromatic rings. The van der Waals surface area contributed by atoms with Crippen molar-refractivity contribution in [3.8, 4) is 0 Å². The second-order valence-corrected chi connectivity index (χ2v) is 2.44. The summed E-state index contributed by atoms with van der Waals surface area (Å²) in [6, 6.07) is 0. The van der Waals surface area contributed by atoms with Gasteiger partial charge < -0.3 is 0 Å². The zero-order valence-electron chi connectivity index (χ0n) is 7.07. The van der Waals surface area contributed by atoms with E-state index in [0.717, 1.165) is 11.3 Å². The number of aromatic nitrogens is 3. The van der Waals surface area contributed by atoms with E-state index in [1.807, 2.05) is 13.0 Å². The van der Waals surface area contributed by atoms with Gasteiger partial charge in [0.25, 0.3) is 0 Å². The first-order valence-electron chi connectivity index (χ1n) is 3.60. The Morgan fingerprint density at radius 1 is 1.42 bits per heavy atom. The molecule has 0 N–H and O–H groups in total. The Bertz CT molecular complexity index is 307. The fraction of sp³-hybridized carbons (Fsp3) is 0.111. The smallest absolute Gasteiger partial charge is 0.0853 e. The Morgan fingerprint density at radius 3 is 2.42 bits per heavy atom. The molecule has 0 aliphatic rings. The fourth-order valence-corrected chi connectivity index (χ4v) is 0.800. The van der Waals surface area contributed by atoms with Gasteiger partial charge in [-0.05, 0) is 19.1 Å². The van der Waals surface area contributed by atoms with Crippen LogP contribution in [0.15, 0.2) is 43.3 Å². The van der Waals surface area contributed by atoms with Crippen molar-refractivity contribution >= 4 is 5.70 Å². The van der Waals surface area contributed by atoms with Crippen LogP contribution < -0.4 is 0 Å². The molecule has 62 valence electrons. The van der Waals surface area contributed by atoms with Crippen LogP contribution in [0.2, 0.25) is 0 Å². The van der Waals surface area contributed by atoms with Gasteiger partial charge in [-0.2, -0.15) is 15.0 Å². The number of rotatable bonds is 3. The summed E-state index contributed by atoms with van der Waals surface area (Å²) in [5.74, 6) is 0. The van der Waals surface area contributed by atoms with Crippen molar-refractivity contribution in [1.29, 1.82) is 0 Å². The van der Waals surface area contributed by atoms with Crippen LogP contribution in [-0.2, 0) is 0 Å². The van der Waals surface area contributed by atoms with Gasteiger partial charge in [0.2, 0.25) is 0 Å². The molecule has 1 aromatic heterocycles. The van der Waals surface area contributed by atoms with Gasteiger partial charge in [0.1, 0.15) is 0 Å². The molecule has 0 unspecified atom stereocenters. The predicted molar refractivity (Wildman–Crippen MR) is 49.3 cm³/mol. The zero-order chi connectivity index (χ0) is 8.97. The molecule has 1 heterocycles. The molecule has 1 rings (SSSR count). The summed E-state index contributed by atoms with van der Waals surface area (Å²) in [5.41, 5.74) is 1.77. The largest absolute Gasteiger partial charge is 0.157 e. The maximum absolute atomic E-state index is 3.97. The summed E-state index contributed by atoms with van der Waals surface area (Å²) in [5, 5.41) is 7.93. The Morgan fingerprint density at radius 2 is 2.00 bits per heavy atom. The lowest BCUT2D eigenvalue weighted by molar-refractivity contribution is 0.776. The molecule has 0 radical (unpaired) electrons. The molecule has 3 heteroatoms. The summed E-state index contributed by atoms with van der Waals surface area (Å²) >= 11 is 0. The highest BCUT2D eigenvalue weighted by molar-refractivity contribution is 5.57. The normalized spacial score (nSPS) is 11.2. The summed E-state index contributed by atoms with van der Waals surface area (Å²) < 4.78 is 0. The lowest BCUT2D eigenvalue weighted by atomic mass is 10.3. The van der Waals surface area contributed by atoms with E-state index < -0.39 is 0 Å². The Labute approximate surface area is 71.7 Å². The van der Waals surface area contributed by atoms with E-state index in [4.69, 9.17) is 0 Å². The van der Waals surface area contributed by atoms with Crippen LogP contribution >= 0.6 is 0 Å². The molecule has 0 aliphatic heterocycles. The van der Waals surface area contributed by atoms with Crippen LogP contribution in [0.5, 0.6) is 0 Å². The number of nitrogens with zero attached hydrogens (tertiary/aromatic N) is 3. The van der Waals surface area contributed by atoms with E-state index in [9.17, 15) is 0 Å². The van der Waals surface area contributed by atoms with Crippen LogP contribution in [0, 0.1) is 0 Å². The van der Waals surface area contributed by atoms with Gasteiger partial charge in [-0.25, -0.2) is 0 Å². The third-order valence-corrected chi connectivity index (χ3v) is 1.25. The summed E-state index contributed by atoms with van der Waals surface area (Å²) in [7, 11) is 0. The van der Waals surface area contributed by atoms with Crippen molar-refractivity contribution in [2.75, 3.05) is 0 Å². The molecule has 0 amide bonds. The van der Waals surface area contributed by atoms with Crippen molar-refractivity contribution < 1.29 is 0 Å². The molecule has 0 aromatic carbocycles. The first kappa shape index (κ1) is 8.46. The Hall–Kier alpha value is -1.64. The number of hydrogen-bond acceptors (Lipinski definition) is 2. The van der Waals surface area contributed by atoms with Crippen LogP contribution in [0.25, 0.3) is 5.70 Å². The molecular weight excluding hydrogens is 150 g/mol. The maximum Gasteiger partial charge on any atom is 0.0853 e. The van der Waals surface area contributed by atoms with Gasteiger partial charge in [0.05, 0.1) is 18.1 Å². The van der Waals surface area contributed by atoms with Crippen molar-refractivity contribution in [3.63, 3.8) is 0 Å². The van der Waals surface area contributed by atoms with Gasteiger partial charge >= 0.3 is 0 Å². The average molecular weight is 161 g/mol. The van der Waals surface area contributed by atoms with E-state index in [-0.39, 0.29) is 0 Å². The van der Waals surface area contributed by atoms with E-state index in [0.29, 0.717) is 0 Å². The quantitative estimate of drug-likeness (QED) is 0.634. The Balaban J connectivity index is 2.98. The second-order valence-electron chi connectivity index (χ2n) is 2.44. The second kappa shape index (κ2) is 3.67. The first-order valence-corrected chi connectivity index (χ1v) is 3.60. The minimum absolute atomic E-state index is 0.826. The van der Waals surface area contributed by atoms with Crippen LogP contribution in [-0.4, -0.2) is 15.0 Å². The van der Waals surface area contributed by atoms with Gasteiger partial charge in [-0.1, -0.05) is 18.7 Å². The molecular formula is C9H11N3. The third kappa shape index (κ3) is 1.92. The Kier molecular flexibility index (Phi) is 2.58. The standard InChI is InChI=1S/C9H11N3/c1-4-9(7-8(2)3)12-10-5-6-11-12/h4-7H,1-2H2,3H3/b9-7+.